The molecular formula is C27H25BrN2O2. The zero-order valence-electron chi connectivity index (χ0n) is 18.3. The second kappa shape index (κ2) is 7.61. The van der Waals surface area contributed by atoms with Gasteiger partial charge in [0.05, 0.1) is 12.2 Å². The highest BCUT2D eigenvalue weighted by Crippen LogP contribution is 2.48. The van der Waals surface area contributed by atoms with Gasteiger partial charge >= 0.3 is 0 Å². The molecule has 1 amide bonds. The van der Waals surface area contributed by atoms with Crippen LogP contribution < -0.4 is 4.90 Å². The normalized spacial score (nSPS) is 18.1. The summed E-state index contributed by atoms with van der Waals surface area (Å²) in [5.41, 5.74) is 4.49. The number of nitrogens with one attached hydrogen (secondary N) is 1. The number of fused-ring (bicyclic) bond motifs is 2. The molecule has 3 aromatic carbocycles. The van der Waals surface area contributed by atoms with Gasteiger partial charge in [-0.1, -0.05) is 66.2 Å². The third-order valence-corrected chi connectivity index (χ3v) is 7.03. The molecule has 0 radical (unpaired) electrons. The Labute approximate surface area is 196 Å². The molecule has 162 valence electrons. The number of aliphatic hydroxyl groups is 1. The number of hydrogen-bond acceptors (Lipinski definition) is 2. The molecule has 1 atom stereocenters. The van der Waals surface area contributed by atoms with E-state index < -0.39 is 5.60 Å². The molecule has 1 aromatic heterocycles. The standard InChI is InChI=1S/C27H25BrN2O2/c1-16(2)18-9-8-17(3)19(12-18)15-30-25-11-10-20(28)13-22(25)27(32,26(30)31)23-14-29-24-7-5-4-6-21(23)24/h4-14,16,29,32H,15H2,1-3H3/t27-/m0/s1. The van der Waals surface area contributed by atoms with Gasteiger partial charge in [-0.15, -0.1) is 0 Å². The summed E-state index contributed by atoms with van der Waals surface area (Å²) >= 11 is 3.52. The van der Waals surface area contributed by atoms with Gasteiger partial charge in [0, 0.05) is 32.7 Å². The van der Waals surface area contributed by atoms with Crippen molar-refractivity contribution in [2.45, 2.75) is 38.8 Å². The second-order valence-electron chi connectivity index (χ2n) is 8.85. The van der Waals surface area contributed by atoms with Crippen molar-refractivity contribution in [3.63, 3.8) is 0 Å². The molecule has 0 aliphatic carbocycles. The van der Waals surface area contributed by atoms with Gasteiger partial charge in [-0.3, -0.25) is 4.79 Å². The maximum atomic E-state index is 13.9. The Morgan fingerprint density at radius 2 is 1.84 bits per heavy atom. The number of benzene rings is 3. The minimum Gasteiger partial charge on any atom is -0.372 e. The number of carbonyl (C=O) groups is 1. The first-order chi connectivity index (χ1) is 15.3. The Hall–Kier alpha value is -2.89. The zero-order valence-corrected chi connectivity index (χ0v) is 19.9. The van der Waals surface area contributed by atoms with Crippen molar-refractivity contribution >= 4 is 38.4 Å². The van der Waals surface area contributed by atoms with E-state index in [9.17, 15) is 9.90 Å². The number of aromatic nitrogens is 1. The molecule has 0 saturated carbocycles. The van der Waals surface area contributed by atoms with E-state index in [2.05, 4.69) is 59.9 Å². The third-order valence-electron chi connectivity index (χ3n) is 6.54. The average molecular weight is 489 g/mol. The summed E-state index contributed by atoms with van der Waals surface area (Å²) < 4.78 is 0.821. The first kappa shape index (κ1) is 21.0. The van der Waals surface area contributed by atoms with E-state index in [0.29, 0.717) is 23.6 Å². The maximum absolute atomic E-state index is 13.9. The fraction of sp³-hybridized carbons (Fsp3) is 0.222. The largest absolute Gasteiger partial charge is 0.372 e. The number of carbonyl (C=O) groups excluding carboxylic acids is 1. The van der Waals surface area contributed by atoms with E-state index in [1.165, 1.54) is 5.56 Å². The fourth-order valence-electron chi connectivity index (χ4n) is 4.63. The fourth-order valence-corrected chi connectivity index (χ4v) is 4.99. The number of hydrogen-bond donors (Lipinski definition) is 2. The number of para-hydroxylation sites is 1. The van der Waals surface area contributed by atoms with Crippen molar-refractivity contribution in [2.24, 2.45) is 0 Å². The predicted octanol–water partition coefficient (Wildman–Crippen LogP) is 6.14. The average Bonchev–Trinajstić information content (AvgIpc) is 3.29. The van der Waals surface area contributed by atoms with Crippen LogP contribution >= 0.6 is 15.9 Å². The minimum absolute atomic E-state index is 0.329. The molecule has 2 heterocycles. The Morgan fingerprint density at radius 3 is 2.62 bits per heavy atom. The lowest BCUT2D eigenvalue weighted by Gasteiger charge is -2.24. The molecular weight excluding hydrogens is 464 g/mol. The lowest BCUT2D eigenvalue weighted by atomic mass is 9.87. The topological polar surface area (TPSA) is 56.3 Å². The highest BCUT2D eigenvalue weighted by molar-refractivity contribution is 9.10. The molecule has 5 rings (SSSR count). The number of anilines is 1. The summed E-state index contributed by atoms with van der Waals surface area (Å²) in [6.45, 7) is 6.80. The number of nitrogens with zero attached hydrogens (tertiary/aromatic N) is 1. The van der Waals surface area contributed by atoms with E-state index in [4.69, 9.17) is 0 Å². The summed E-state index contributed by atoms with van der Waals surface area (Å²) in [5, 5.41) is 12.9. The lowest BCUT2D eigenvalue weighted by Crippen LogP contribution is -2.40. The third kappa shape index (κ3) is 3.11. The SMILES string of the molecule is Cc1ccc(C(C)C)cc1CN1C(=O)[C@@](O)(c2c[nH]c3ccccc23)c2cc(Br)ccc21. The van der Waals surface area contributed by atoms with Gasteiger partial charge in [-0.25, -0.2) is 0 Å². The number of H-pyrrole nitrogens is 1. The van der Waals surface area contributed by atoms with Crippen LogP contribution in [0.25, 0.3) is 10.9 Å². The van der Waals surface area contributed by atoms with Crippen LogP contribution in [0.1, 0.15) is 47.6 Å². The quantitative estimate of drug-likeness (QED) is 0.362. The van der Waals surface area contributed by atoms with Gasteiger partial charge in [0.15, 0.2) is 5.60 Å². The molecule has 2 N–H and O–H groups in total. The number of halogens is 1. The van der Waals surface area contributed by atoms with E-state index >= 15 is 0 Å². The van der Waals surface area contributed by atoms with Crippen LogP contribution in [0.15, 0.2) is 71.3 Å². The molecule has 0 saturated heterocycles. The van der Waals surface area contributed by atoms with Crippen molar-refractivity contribution in [1.29, 1.82) is 0 Å². The van der Waals surface area contributed by atoms with Gasteiger partial charge in [-0.05, 0) is 53.8 Å². The summed E-state index contributed by atoms with van der Waals surface area (Å²) in [6.07, 6.45) is 1.75. The first-order valence-electron chi connectivity index (χ1n) is 10.8. The molecule has 32 heavy (non-hydrogen) atoms. The van der Waals surface area contributed by atoms with Gasteiger partial charge < -0.3 is 15.0 Å². The monoisotopic (exact) mass is 488 g/mol. The second-order valence-corrected chi connectivity index (χ2v) is 9.77. The molecule has 4 nitrogen and oxygen atoms in total. The lowest BCUT2D eigenvalue weighted by molar-refractivity contribution is -0.132. The van der Waals surface area contributed by atoms with Crippen LogP contribution in [-0.4, -0.2) is 16.0 Å². The maximum Gasteiger partial charge on any atom is 0.268 e. The Morgan fingerprint density at radius 1 is 1.06 bits per heavy atom. The molecule has 5 heteroatoms. The van der Waals surface area contributed by atoms with E-state index in [-0.39, 0.29) is 5.91 Å². The zero-order chi connectivity index (χ0) is 22.6. The highest BCUT2D eigenvalue weighted by atomic mass is 79.9. The molecule has 4 aromatic rings. The molecule has 0 unspecified atom stereocenters. The Balaban J connectivity index is 1.66. The molecule has 1 aliphatic heterocycles. The molecule has 0 spiro atoms. The van der Waals surface area contributed by atoms with Crippen LogP contribution in [0.3, 0.4) is 0 Å². The summed E-state index contributed by atoms with van der Waals surface area (Å²) in [4.78, 5) is 18.8. The van der Waals surface area contributed by atoms with Crippen LogP contribution in [0, 0.1) is 6.92 Å². The van der Waals surface area contributed by atoms with Crippen molar-refractivity contribution in [2.75, 3.05) is 4.90 Å². The van der Waals surface area contributed by atoms with Crippen LogP contribution in [0.2, 0.25) is 0 Å². The van der Waals surface area contributed by atoms with Crippen molar-refractivity contribution in [3.05, 3.63) is 99.2 Å². The van der Waals surface area contributed by atoms with E-state index in [1.54, 1.807) is 11.1 Å². The van der Waals surface area contributed by atoms with Gasteiger partial charge in [-0.2, -0.15) is 0 Å². The van der Waals surface area contributed by atoms with Crippen LogP contribution in [0.4, 0.5) is 5.69 Å². The number of amides is 1. The Kier molecular flexibility index (Phi) is 4.99. The molecule has 0 fully saturated rings. The number of aryl methyl sites for hydroxylation is 1. The molecule has 0 bridgehead atoms. The highest BCUT2D eigenvalue weighted by Gasteiger charge is 2.52. The summed E-state index contributed by atoms with van der Waals surface area (Å²) in [7, 11) is 0. The number of rotatable bonds is 4. The Bertz CT molecular complexity index is 1360. The van der Waals surface area contributed by atoms with Crippen molar-refractivity contribution in [3.8, 4) is 0 Å². The van der Waals surface area contributed by atoms with E-state index in [0.717, 1.165) is 32.2 Å². The van der Waals surface area contributed by atoms with Crippen LogP contribution in [-0.2, 0) is 16.9 Å². The first-order valence-corrected chi connectivity index (χ1v) is 11.6. The van der Waals surface area contributed by atoms with Gasteiger partial charge in [0.2, 0.25) is 0 Å². The minimum atomic E-state index is -1.76. The number of aromatic amines is 1. The van der Waals surface area contributed by atoms with Crippen molar-refractivity contribution < 1.29 is 9.90 Å². The predicted molar refractivity (Wildman–Crippen MR) is 132 cm³/mol. The summed E-state index contributed by atoms with van der Waals surface area (Å²) in [6, 6.07) is 19.8. The van der Waals surface area contributed by atoms with E-state index in [1.807, 2.05) is 42.5 Å². The van der Waals surface area contributed by atoms with Crippen LogP contribution in [0.5, 0.6) is 0 Å². The molecule has 1 aliphatic rings. The smallest absolute Gasteiger partial charge is 0.268 e. The summed E-state index contributed by atoms with van der Waals surface area (Å²) in [5.74, 6) is 0.0692. The van der Waals surface area contributed by atoms with Gasteiger partial charge in [0.25, 0.3) is 5.91 Å². The van der Waals surface area contributed by atoms with Crippen molar-refractivity contribution in [1.82, 2.24) is 4.98 Å². The van der Waals surface area contributed by atoms with Gasteiger partial charge in [0.1, 0.15) is 0 Å².